The molecule has 0 aliphatic rings. The van der Waals surface area contributed by atoms with Gasteiger partial charge in [-0.2, -0.15) is 0 Å². The van der Waals surface area contributed by atoms with E-state index in [2.05, 4.69) is 38.0 Å². The monoisotopic (exact) mass is 307 g/mol. The minimum Gasteiger partial charge on any atom is -0.307 e. The topological polar surface area (TPSA) is 37.8 Å². The van der Waals surface area contributed by atoms with E-state index in [0.29, 0.717) is 0 Å². The third-order valence-corrected chi connectivity index (χ3v) is 4.11. The molecule has 0 saturated carbocycles. The number of aryl methyl sites for hydroxylation is 1. The fourth-order valence-corrected chi connectivity index (χ4v) is 2.94. The van der Waals surface area contributed by atoms with Gasteiger partial charge in [0, 0.05) is 17.0 Å². The van der Waals surface area contributed by atoms with Crippen molar-refractivity contribution in [1.29, 1.82) is 0 Å². The van der Waals surface area contributed by atoms with Crippen molar-refractivity contribution in [3.8, 4) is 10.7 Å². The molecule has 2 heterocycles. The maximum Gasteiger partial charge on any atom is 0.142 e. The molecule has 0 saturated heterocycles. The second-order valence-electron chi connectivity index (χ2n) is 6.10. The van der Waals surface area contributed by atoms with Crippen molar-refractivity contribution in [3.63, 3.8) is 0 Å². The summed E-state index contributed by atoms with van der Waals surface area (Å²) in [5.41, 5.74) is 1.93. The van der Waals surface area contributed by atoms with Crippen LogP contribution in [0.2, 0.25) is 0 Å². The molecule has 114 valence electrons. The van der Waals surface area contributed by atoms with Gasteiger partial charge in [0.25, 0.3) is 0 Å². The molecule has 0 aromatic carbocycles. The van der Waals surface area contributed by atoms with Crippen molar-refractivity contribution in [2.45, 2.75) is 52.6 Å². The molecule has 0 unspecified atom stereocenters. The molecule has 0 amide bonds. The SMILES string of the molecule is CCCc1nc(-c2ccc(F)cn2)sc1CNC(C)(C)C. The number of aromatic nitrogens is 2. The lowest BCUT2D eigenvalue weighted by molar-refractivity contribution is 0.425. The highest BCUT2D eigenvalue weighted by molar-refractivity contribution is 7.15. The van der Waals surface area contributed by atoms with Crippen molar-refractivity contribution in [2.75, 3.05) is 0 Å². The van der Waals surface area contributed by atoms with Gasteiger partial charge in [-0.05, 0) is 39.3 Å². The highest BCUT2D eigenvalue weighted by atomic mass is 32.1. The summed E-state index contributed by atoms with van der Waals surface area (Å²) in [5, 5.41) is 4.37. The summed E-state index contributed by atoms with van der Waals surface area (Å²) in [6, 6.07) is 3.11. The smallest absolute Gasteiger partial charge is 0.142 e. The average molecular weight is 307 g/mol. The van der Waals surface area contributed by atoms with Crippen molar-refractivity contribution >= 4 is 11.3 Å². The Labute approximate surface area is 129 Å². The fourth-order valence-electron chi connectivity index (χ4n) is 1.91. The van der Waals surface area contributed by atoms with Crippen LogP contribution < -0.4 is 5.32 Å². The van der Waals surface area contributed by atoms with Crippen LogP contribution in [0.15, 0.2) is 18.3 Å². The molecule has 21 heavy (non-hydrogen) atoms. The predicted molar refractivity (Wildman–Crippen MR) is 85.9 cm³/mol. The van der Waals surface area contributed by atoms with Crippen molar-refractivity contribution in [3.05, 3.63) is 34.7 Å². The average Bonchev–Trinajstić information content (AvgIpc) is 2.80. The van der Waals surface area contributed by atoms with Crippen LogP contribution in [0.4, 0.5) is 4.39 Å². The Morgan fingerprint density at radius 2 is 2.05 bits per heavy atom. The van der Waals surface area contributed by atoms with E-state index in [1.54, 1.807) is 17.4 Å². The highest BCUT2D eigenvalue weighted by Crippen LogP contribution is 2.28. The van der Waals surface area contributed by atoms with E-state index in [1.807, 2.05) is 0 Å². The summed E-state index contributed by atoms with van der Waals surface area (Å²) in [6.45, 7) is 9.40. The van der Waals surface area contributed by atoms with Gasteiger partial charge < -0.3 is 5.32 Å². The van der Waals surface area contributed by atoms with Crippen LogP contribution in [0, 0.1) is 5.82 Å². The Kier molecular flexibility index (Phi) is 5.06. The van der Waals surface area contributed by atoms with Crippen molar-refractivity contribution in [1.82, 2.24) is 15.3 Å². The van der Waals surface area contributed by atoms with Gasteiger partial charge >= 0.3 is 0 Å². The molecule has 3 nitrogen and oxygen atoms in total. The number of halogens is 1. The van der Waals surface area contributed by atoms with Crippen LogP contribution in [0.1, 0.15) is 44.7 Å². The third kappa shape index (κ3) is 4.58. The van der Waals surface area contributed by atoms with Gasteiger partial charge in [-0.1, -0.05) is 13.3 Å². The summed E-state index contributed by atoms with van der Waals surface area (Å²) in [4.78, 5) is 10.1. The van der Waals surface area contributed by atoms with E-state index in [1.165, 1.54) is 17.1 Å². The molecule has 2 rings (SSSR count). The Morgan fingerprint density at radius 1 is 1.29 bits per heavy atom. The molecular formula is C16H22FN3S. The maximum atomic E-state index is 13.0. The van der Waals surface area contributed by atoms with E-state index in [-0.39, 0.29) is 11.4 Å². The van der Waals surface area contributed by atoms with Gasteiger partial charge in [-0.25, -0.2) is 9.37 Å². The number of hydrogen-bond donors (Lipinski definition) is 1. The lowest BCUT2D eigenvalue weighted by Gasteiger charge is -2.20. The van der Waals surface area contributed by atoms with E-state index in [4.69, 9.17) is 4.98 Å². The molecule has 0 spiro atoms. The first-order chi connectivity index (χ1) is 9.89. The zero-order valence-corrected chi connectivity index (χ0v) is 13.9. The standard InChI is InChI=1S/C16H22FN3S/c1-5-6-12-14(10-19-16(2,3)4)21-15(20-12)13-8-7-11(17)9-18-13/h7-9,19H,5-6,10H2,1-4H3. The molecule has 0 fully saturated rings. The number of nitrogens with one attached hydrogen (secondary N) is 1. The Morgan fingerprint density at radius 3 is 2.62 bits per heavy atom. The number of hydrogen-bond acceptors (Lipinski definition) is 4. The van der Waals surface area contributed by atoms with Crippen LogP contribution in [0.25, 0.3) is 10.7 Å². The van der Waals surface area contributed by atoms with Crippen LogP contribution in [-0.4, -0.2) is 15.5 Å². The molecule has 0 bridgehead atoms. The maximum absolute atomic E-state index is 13.0. The van der Waals surface area contributed by atoms with Gasteiger partial charge in [0.1, 0.15) is 10.8 Å². The van der Waals surface area contributed by atoms with Crippen LogP contribution in [0.3, 0.4) is 0 Å². The lowest BCUT2D eigenvalue weighted by atomic mass is 10.1. The molecule has 1 N–H and O–H groups in total. The van der Waals surface area contributed by atoms with Gasteiger partial charge in [0.2, 0.25) is 0 Å². The van der Waals surface area contributed by atoms with E-state index in [0.717, 1.165) is 35.8 Å². The van der Waals surface area contributed by atoms with Crippen molar-refractivity contribution in [2.24, 2.45) is 0 Å². The normalized spacial score (nSPS) is 11.9. The van der Waals surface area contributed by atoms with E-state index >= 15 is 0 Å². The van der Waals surface area contributed by atoms with Gasteiger partial charge in [-0.15, -0.1) is 11.3 Å². The number of thiazole rings is 1. The van der Waals surface area contributed by atoms with Crippen molar-refractivity contribution < 1.29 is 4.39 Å². The highest BCUT2D eigenvalue weighted by Gasteiger charge is 2.15. The summed E-state index contributed by atoms with van der Waals surface area (Å²) < 4.78 is 13.0. The summed E-state index contributed by atoms with van der Waals surface area (Å²) in [6.07, 6.45) is 3.25. The predicted octanol–water partition coefficient (Wildman–Crippen LogP) is 4.18. The Balaban J connectivity index is 2.25. The van der Waals surface area contributed by atoms with Gasteiger partial charge in [0.15, 0.2) is 0 Å². The fraction of sp³-hybridized carbons (Fsp3) is 0.500. The summed E-state index contributed by atoms with van der Waals surface area (Å²) >= 11 is 1.64. The zero-order chi connectivity index (χ0) is 15.5. The molecule has 0 aliphatic carbocycles. The molecule has 5 heteroatoms. The first-order valence-electron chi connectivity index (χ1n) is 7.24. The third-order valence-electron chi connectivity index (χ3n) is 2.99. The van der Waals surface area contributed by atoms with E-state index in [9.17, 15) is 4.39 Å². The number of nitrogens with zero attached hydrogens (tertiary/aromatic N) is 2. The Bertz CT molecular complexity index is 585. The Hall–Kier alpha value is -1.33. The molecule has 0 radical (unpaired) electrons. The zero-order valence-electron chi connectivity index (χ0n) is 13.0. The first kappa shape index (κ1) is 16.0. The molecule has 2 aromatic rings. The second kappa shape index (κ2) is 6.62. The lowest BCUT2D eigenvalue weighted by Crippen LogP contribution is -2.35. The minimum atomic E-state index is -0.321. The van der Waals surface area contributed by atoms with Gasteiger partial charge in [0.05, 0.1) is 17.6 Å². The largest absolute Gasteiger partial charge is 0.307 e. The minimum absolute atomic E-state index is 0.0712. The summed E-state index contributed by atoms with van der Waals surface area (Å²) in [7, 11) is 0. The van der Waals surface area contributed by atoms with Crippen LogP contribution in [0.5, 0.6) is 0 Å². The molecule has 2 aromatic heterocycles. The van der Waals surface area contributed by atoms with Crippen LogP contribution in [-0.2, 0) is 13.0 Å². The summed E-state index contributed by atoms with van der Waals surface area (Å²) in [5.74, 6) is -0.321. The van der Waals surface area contributed by atoms with Gasteiger partial charge in [-0.3, -0.25) is 4.98 Å². The molecule has 0 aliphatic heterocycles. The first-order valence-corrected chi connectivity index (χ1v) is 8.06. The number of rotatable bonds is 5. The quantitative estimate of drug-likeness (QED) is 0.900. The molecule has 0 atom stereocenters. The number of pyridine rings is 1. The molecular weight excluding hydrogens is 285 g/mol. The second-order valence-corrected chi connectivity index (χ2v) is 7.19. The van der Waals surface area contributed by atoms with E-state index < -0.39 is 0 Å². The van der Waals surface area contributed by atoms with Crippen LogP contribution >= 0.6 is 11.3 Å².